The fourth-order valence-corrected chi connectivity index (χ4v) is 3.74. The van der Waals surface area contributed by atoms with Crippen LogP contribution in [0.1, 0.15) is 34.6 Å². The van der Waals surface area contributed by atoms with Crippen LogP contribution in [0.15, 0.2) is 36.1 Å². The predicted octanol–water partition coefficient (Wildman–Crippen LogP) is 4.13. The number of rotatable bonds is 6. The SMILES string of the molecule is COC[C@@H](C)c1ncc(C(N)=O)cc1-c1cnccc1-c1nc(C(F)(F)F)cs1. The largest absolute Gasteiger partial charge is 0.434 e. The first-order chi connectivity index (χ1) is 13.7. The molecule has 0 aliphatic rings. The number of carbonyl (C=O) groups is 1. The molecule has 0 unspecified atom stereocenters. The van der Waals surface area contributed by atoms with Crippen LogP contribution < -0.4 is 5.73 Å². The van der Waals surface area contributed by atoms with Crippen LogP contribution in [-0.2, 0) is 10.9 Å². The molecule has 1 amide bonds. The number of ether oxygens (including phenoxy) is 1. The zero-order valence-electron chi connectivity index (χ0n) is 15.5. The molecule has 0 saturated heterocycles. The molecule has 3 aromatic heterocycles. The lowest BCUT2D eigenvalue weighted by Crippen LogP contribution is -2.14. The Morgan fingerprint density at radius 3 is 2.66 bits per heavy atom. The van der Waals surface area contributed by atoms with Gasteiger partial charge in [0, 0.05) is 53.7 Å². The summed E-state index contributed by atoms with van der Waals surface area (Å²) in [6.07, 6.45) is -0.187. The van der Waals surface area contributed by atoms with Crippen LogP contribution in [0.4, 0.5) is 13.2 Å². The van der Waals surface area contributed by atoms with Crippen LogP contribution in [0, 0.1) is 0 Å². The Balaban J connectivity index is 2.20. The van der Waals surface area contributed by atoms with Gasteiger partial charge in [-0.3, -0.25) is 14.8 Å². The zero-order chi connectivity index (χ0) is 21.2. The zero-order valence-corrected chi connectivity index (χ0v) is 16.3. The number of carbonyl (C=O) groups excluding carboxylic acids is 1. The van der Waals surface area contributed by atoms with Gasteiger partial charge in [-0.05, 0) is 12.1 Å². The summed E-state index contributed by atoms with van der Waals surface area (Å²) >= 11 is 0.878. The van der Waals surface area contributed by atoms with Crippen LogP contribution in [0.2, 0.25) is 0 Å². The van der Waals surface area contributed by atoms with Crippen LogP contribution in [-0.4, -0.2) is 34.6 Å². The number of amides is 1. The van der Waals surface area contributed by atoms with E-state index in [4.69, 9.17) is 10.5 Å². The minimum atomic E-state index is -4.53. The van der Waals surface area contributed by atoms with Gasteiger partial charge in [-0.25, -0.2) is 4.98 Å². The summed E-state index contributed by atoms with van der Waals surface area (Å²) in [5.41, 5.74) is 6.72. The minimum Gasteiger partial charge on any atom is -0.384 e. The second-order valence-corrected chi connectivity index (χ2v) is 7.19. The quantitative estimate of drug-likeness (QED) is 0.645. The summed E-state index contributed by atoms with van der Waals surface area (Å²) in [5.74, 6) is -0.809. The molecule has 29 heavy (non-hydrogen) atoms. The van der Waals surface area contributed by atoms with Crippen molar-refractivity contribution in [3.63, 3.8) is 0 Å². The summed E-state index contributed by atoms with van der Waals surface area (Å²) in [7, 11) is 1.55. The van der Waals surface area contributed by atoms with Crippen molar-refractivity contribution in [2.24, 2.45) is 5.73 Å². The molecule has 0 aromatic carbocycles. The topological polar surface area (TPSA) is 91.0 Å². The van der Waals surface area contributed by atoms with E-state index < -0.39 is 17.8 Å². The van der Waals surface area contributed by atoms with Crippen molar-refractivity contribution in [2.45, 2.75) is 19.0 Å². The molecule has 0 aliphatic heterocycles. The van der Waals surface area contributed by atoms with Crippen molar-refractivity contribution >= 4 is 17.2 Å². The summed E-state index contributed by atoms with van der Waals surface area (Å²) in [4.78, 5) is 23.9. The van der Waals surface area contributed by atoms with Gasteiger partial charge in [-0.2, -0.15) is 13.2 Å². The van der Waals surface area contributed by atoms with Crippen LogP contribution >= 0.6 is 11.3 Å². The fourth-order valence-electron chi connectivity index (χ4n) is 2.87. The molecule has 2 N–H and O–H groups in total. The normalized spacial score (nSPS) is 12.7. The smallest absolute Gasteiger partial charge is 0.384 e. The first-order valence-electron chi connectivity index (χ1n) is 8.48. The third kappa shape index (κ3) is 4.43. The van der Waals surface area contributed by atoms with E-state index in [0.717, 1.165) is 16.7 Å². The maximum absolute atomic E-state index is 13.0. The van der Waals surface area contributed by atoms with Crippen LogP contribution in [0.25, 0.3) is 21.7 Å². The van der Waals surface area contributed by atoms with Crippen molar-refractivity contribution in [1.29, 1.82) is 0 Å². The molecular formula is C19H17F3N4O2S. The highest BCUT2D eigenvalue weighted by Gasteiger charge is 2.34. The fraction of sp³-hybridized carbons (Fsp3) is 0.263. The van der Waals surface area contributed by atoms with Gasteiger partial charge in [0.05, 0.1) is 17.9 Å². The van der Waals surface area contributed by atoms with Crippen LogP contribution in [0.3, 0.4) is 0 Å². The van der Waals surface area contributed by atoms with E-state index in [1.54, 1.807) is 19.2 Å². The molecule has 0 saturated carbocycles. The summed E-state index contributed by atoms with van der Waals surface area (Å²) in [5, 5.41) is 1.15. The third-order valence-electron chi connectivity index (χ3n) is 4.22. The number of methoxy groups -OCH3 is 1. The highest BCUT2D eigenvalue weighted by atomic mass is 32.1. The van der Waals surface area contributed by atoms with Crippen LogP contribution in [0.5, 0.6) is 0 Å². The van der Waals surface area contributed by atoms with Gasteiger partial charge in [0.25, 0.3) is 0 Å². The standard InChI is InChI=1S/C19H17F3N4O2S/c1-10(8-28-2)16-13(5-11(6-25-16)17(23)27)14-7-24-4-3-12(14)18-26-15(9-29-18)19(20,21)22/h3-7,9-10H,8H2,1-2H3,(H2,23,27)/t10-/m1/s1. The monoisotopic (exact) mass is 422 g/mol. The maximum atomic E-state index is 13.0. The van der Waals surface area contributed by atoms with Gasteiger partial charge >= 0.3 is 6.18 Å². The molecule has 1 atom stereocenters. The lowest BCUT2D eigenvalue weighted by atomic mass is 9.94. The van der Waals surface area contributed by atoms with Crippen molar-refractivity contribution in [1.82, 2.24) is 15.0 Å². The number of pyridine rings is 2. The Bertz CT molecular complexity index is 1040. The molecule has 0 fully saturated rings. The van der Waals surface area contributed by atoms with E-state index in [1.165, 1.54) is 18.6 Å². The second-order valence-electron chi connectivity index (χ2n) is 6.33. The number of aromatic nitrogens is 3. The Morgan fingerprint density at radius 1 is 1.28 bits per heavy atom. The molecule has 0 bridgehead atoms. The Labute approximate surface area is 168 Å². The average molecular weight is 422 g/mol. The number of hydrogen-bond donors (Lipinski definition) is 1. The third-order valence-corrected chi connectivity index (χ3v) is 5.10. The highest BCUT2D eigenvalue weighted by molar-refractivity contribution is 7.13. The molecule has 3 heterocycles. The van der Waals surface area contributed by atoms with Crippen molar-refractivity contribution < 1.29 is 22.7 Å². The number of halogens is 3. The molecule has 0 radical (unpaired) electrons. The minimum absolute atomic E-state index is 0.146. The molecule has 152 valence electrons. The van der Waals surface area contributed by atoms with Gasteiger partial charge < -0.3 is 10.5 Å². The number of primary amides is 1. The Kier molecular flexibility index (Phi) is 5.94. The van der Waals surface area contributed by atoms with E-state index >= 15 is 0 Å². The van der Waals surface area contributed by atoms with Gasteiger partial charge in [0.2, 0.25) is 5.91 Å². The molecule has 0 aliphatic carbocycles. The molecule has 3 aromatic rings. The summed E-state index contributed by atoms with van der Waals surface area (Å²) in [6, 6.07) is 3.14. The van der Waals surface area contributed by atoms with E-state index in [-0.39, 0.29) is 16.5 Å². The molecular weight excluding hydrogens is 405 g/mol. The summed E-state index contributed by atoms with van der Waals surface area (Å²) < 4.78 is 44.2. The molecule has 6 nitrogen and oxygen atoms in total. The van der Waals surface area contributed by atoms with Crippen molar-refractivity contribution in [3.05, 3.63) is 53.1 Å². The second kappa shape index (κ2) is 8.26. The van der Waals surface area contributed by atoms with Crippen molar-refractivity contribution in [3.8, 4) is 21.7 Å². The maximum Gasteiger partial charge on any atom is 0.434 e. The number of nitrogens with zero attached hydrogens (tertiary/aromatic N) is 3. The average Bonchev–Trinajstić information content (AvgIpc) is 3.18. The number of nitrogens with two attached hydrogens (primary N) is 1. The van der Waals surface area contributed by atoms with E-state index in [1.807, 2.05) is 6.92 Å². The predicted molar refractivity (Wildman–Crippen MR) is 102 cm³/mol. The highest BCUT2D eigenvalue weighted by Crippen LogP contribution is 2.39. The van der Waals surface area contributed by atoms with Gasteiger partial charge in [0.15, 0.2) is 5.69 Å². The molecule has 0 spiro atoms. The molecule has 10 heteroatoms. The summed E-state index contributed by atoms with van der Waals surface area (Å²) in [6.45, 7) is 2.25. The first-order valence-corrected chi connectivity index (χ1v) is 9.36. The first kappa shape index (κ1) is 20.9. The number of thiazole rings is 1. The van der Waals surface area contributed by atoms with E-state index in [2.05, 4.69) is 15.0 Å². The Morgan fingerprint density at radius 2 is 2.03 bits per heavy atom. The van der Waals surface area contributed by atoms with E-state index in [0.29, 0.717) is 29.0 Å². The van der Waals surface area contributed by atoms with Gasteiger partial charge in [-0.15, -0.1) is 11.3 Å². The molecule has 3 rings (SSSR count). The number of hydrogen-bond acceptors (Lipinski definition) is 6. The Hall–Kier alpha value is -2.85. The lowest BCUT2D eigenvalue weighted by molar-refractivity contribution is -0.140. The van der Waals surface area contributed by atoms with Gasteiger partial charge in [-0.1, -0.05) is 6.92 Å². The van der Waals surface area contributed by atoms with E-state index in [9.17, 15) is 18.0 Å². The van der Waals surface area contributed by atoms with Gasteiger partial charge in [0.1, 0.15) is 5.01 Å². The number of alkyl halides is 3. The van der Waals surface area contributed by atoms with Crippen molar-refractivity contribution in [2.75, 3.05) is 13.7 Å². The lowest BCUT2D eigenvalue weighted by Gasteiger charge is -2.17.